The lowest BCUT2D eigenvalue weighted by molar-refractivity contribution is -0.286. The Labute approximate surface area is 128 Å². The van der Waals surface area contributed by atoms with Gasteiger partial charge in [-0.05, 0) is 24.3 Å². The van der Waals surface area contributed by atoms with Gasteiger partial charge in [0.1, 0.15) is 5.69 Å². The molecule has 0 saturated carbocycles. The fourth-order valence-electron chi connectivity index (χ4n) is 2.42. The maximum Gasteiger partial charge on any atom is 0.586 e. The fourth-order valence-corrected chi connectivity index (χ4v) is 2.42. The highest BCUT2D eigenvalue weighted by atomic mass is 19.3. The van der Waals surface area contributed by atoms with Gasteiger partial charge in [-0.25, -0.2) is 0 Å². The van der Waals surface area contributed by atoms with Gasteiger partial charge in [-0.15, -0.1) is 8.78 Å². The Morgan fingerprint density at radius 1 is 1.04 bits per heavy atom. The summed E-state index contributed by atoms with van der Waals surface area (Å²) >= 11 is 0. The molecule has 1 aromatic heterocycles. The van der Waals surface area contributed by atoms with E-state index in [-0.39, 0.29) is 17.4 Å². The summed E-state index contributed by atoms with van der Waals surface area (Å²) in [6.07, 6.45) is -3.68. The van der Waals surface area contributed by atoms with Crippen LogP contribution < -0.4 is 14.8 Å². The van der Waals surface area contributed by atoms with E-state index >= 15 is 0 Å². The molecule has 5 nitrogen and oxygen atoms in total. The first-order chi connectivity index (χ1) is 11.0. The molecular weight excluding hydrogens is 306 g/mol. The minimum atomic E-state index is -3.68. The zero-order valence-corrected chi connectivity index (χ0v) is 11.6. The molecule has 23 heavy (non-hydrogen) atoms. The summed E-state index contributed by atoms with van der Waals surface area (Å²) in [7, 11) is 0. The average molecular weight is 316 g/mol. The average Bonchev–Trinajstić information content (AvgIpc) is 3.05. The maximum atomic E-state index is 13.0. The van der Waals surface area contributed by atoms with Crippen LogP contribution in [-0.2, 0) is 0 Å². The molecule has 0 bridgehead atoms. The van der Waals surface area contributed by atoms with Crippen molar-refractivity contribution >= 4 is 22.5 Å². The molecule has 116 valence electrons. The Bertz CT molecular complexity index is 888. The molecule has 2 heterocycles. The van der Waals surface area contributed by atoms with Crippen molar-refractivity contribution in [2.24, 2.45) is 0 Å². The van der Waals surface area contributed by atoms with Crippen molar-refractivity contribution in [2.75, 3.05) is 5.32 Å². The molecule has 7 heteroatoms. The van der Waals surface area contributed by atoms with Crippen molar-refractivity contribution in [3.8, 4) is 11.5 Å². The minimum Gasteiger partial charge on any atom is -0.395 e. The summed E-state index contributed by atoms with van der Waals surface area (Å²) in [6, 6.07) is 13.2. The van der Waals surface area contributed by atoms with Crippen LogP contribution in [0.15, 0.2) is 48.5 Å². The van der Waals surface area contributed by atoms with E-state index in [9.17, 15) is 13.6 Å². The maximum absolute atomic E-state index is 13.0. The third-order valence-electron chi connectivity index (χ3n) is 3.43. The largest absolute Gasteiger partial charge is 0.586 e. The number of H-pyrrole nitrogens is 1. The predicted molar refractivity (Wildman–Crippen MR) is 78.9 cm³/mol. The Hall–Kier alpha value is -3.09. The molecule has 0 radical (unpaired) electrons. The lowest BCUT2D eigenvalue weighted by Gasteiger charge is -2.05. The Morgan fingerprint density at radius 2 is 1.83 bits per heavy atom. The van der Waals surface area contributed by atoms with Gasteiger partial charge >= 0.3 is 6.29 Å². The highest BCUT2D eigenvalue weighted by molar-refractivity contribution is 6.06. The molecule has 0 aliphatic carbocycles. The fraction of sp³-hybridized carbons (Fsp3) is 0.0625. The van der Waals surface area contributed by atoms with Crippen LogP contribution in [0.25, 0.3) is 10.9 Å². The normalized spacial score (nSPS) is 14.9. The number of rotatable bonds is 2. The minimum absolute atomic E-state index is 0.0707. The number of alkyl halides is 2. The van der Waals surface area contributed by atoms with Crippen LogP contribution in [0.1, 0.15) is 10.5 Å². The number of nitrogens with one attached hydrogen (secondary N) is 2. The Balaban J connectivity index is 1.57. The quantitative estimate of drug-likeness (QED) is 0.757. The van der Waals surface area contributed by atoms with E-state index in [1.54, 1.807) is 6.07 Å². The number of aromatic nitrogens is 1. The van der Waals surface area contributed by atoms with E-state index in [0.29, 0.717) is 11.4 Å². The number of hydrogen-bond donors (Lipinski definition) is 2. The van der Waals surface area contributed by atoms with Gasteiger partial charge in [0.15, 0.2) is 11.5 Å². The summed E-state index contributed by atoms with van der Waals surface area (Å²) in [5, 5.41) is 3.53. The van der Waals surface area contributed by atoms with Gasteiger partial charge in [-0.1, -0.05) is 18.2 Å². The van der Waals surface area contributed by atoms with Crippen molar-refractivity contribution in [1.29, 1.82) is 0 Å². The SMILES string of the molecule is O=C(Nc1ccc2c(c1)OC(F)(F)O2)c1cc2ccccc2[nH]1. The summed E-state index contributed by atoms with van der Waals surface area (Å²) < 4.78 is 34.6. The van der Waals surface area contributed by atoms with Crippen LogP contribution in [-0.4, -0.2) is 17.2 Å². The molecule has 0 saturated heterocycles. The second kappa shape index (κ2) is 4.70. The van der Waals surface area contributed by atoms with Gasteiger partial charge in [0, 0.05) is 22.7 Å². The molecule has 3 aromatic rings. The predicted octanol–water partition coefficient (Wildman–Crippen LogP) is 3.74. The van der Waals surface area contributed by atoms with E-state index < -0.39 is 6.29 Å². The summed E-state index contributed by atoms with van der Waals surface area (Å²) in [5.74, 6) is -0.574. The number of para-hydroxylation sites is 1. The first kappa shape index (κ1) is 13.6. The van der Waals surface area contributed by atoms with Crippen molar-refractivity contribution < 1.29 is 23.0 Å². The highest BCUT2D eigenvalue weighted by Gasteiger charge is 2.43. The molecule has 2 aromatic carbocycles. The molecule has 0 spiro atoms. The lowest BCUT2D eigenvalue weighted by atomic mass is 10.2. The molecular formula is C16H10F2N2O3. The number of carbonyl (C=O) groups is 1. The molecule has 2 N–H and O–H groups in total. The van der Waals surface area contributed by atoms with Crippen LogP contribution >= 0.6 is 0 Å². The molecule has 1 amide bonds. The van der Waals surface area contributed by atoms with Crippen molar-refractivity contribution in [3.63, 3.8) is 0 Å². The van der Waals surface area contributed by atoms with Gasteiger partial charge in [0.25, 0.3) is 5.91 Å². The zero-order chi connectivity index (χ0) is 16.0. The molecule has 4 rings (SSSR count). The second-order valence-corrected chi connectivity index (χ2v) is 5.05. The number of amides is 1. The van der Waals surface area contributed by atoms with Crippen LogP contribution in [0.3, 0.4) is 0 Å². The first-order valence-corrected chi connectivity index (χ1v) is 6.79. The van der Waals surface area contributed by atoms with Crippen LogP contribution in [0, 0.1) is 0 Å². The smallest absolute Gasteiger partial charge is 0.395 e. The number of anilines is 1. The third-order valence-corrected chi connectivity index (χ3v) is 3.43. The lowest BCUT2D eigenvalue weighted by Crippen LogP contribution is -2.25. The van der Waals surface area contributed by atoms with Crippen LogP contribution in [0.4, 0.5) is 14.5 Å². The molecule has 0 unspecified atom stereocenters. The third kappa shape index (κ3) is 2.46. The van der Waals surface area contributed by atoms with E-state index in [0.717, 1.165) is 10.9 Å². The van der Waals surface area contributed by atoms with E-state index in [2.05, 4.69) is 19.8 Å². The van der Waals surface area contributed by atoms with Gasteiger partial charge in [0.05, 0.1) is 0 Å². The van der Waals surface area contributed by atoms with Gasteiger partial charge in [-0.2, -0.15) is 0 Å². The van der Waals surface area contributed by atoms with Gasteiger partial charge < -0.3 is 19.8 Å². The monoisotopic (exact) mass is 316 g/mol. The summed E-state index contributed by atoms with van der Waals surface area (Å²) in [4.78, 5) is 15.2. The summed E-state index contributed by atoms with van der Waals surface area (Å²) in [5.41, 5.74) is 1.53. The number of carbonyl (C=O) groups excluding carboxylic acids is 1. The summed E-state index contributed by atoms with van der Waals surface area (Å²) in [6.45, 7) is 0. The van der Waals surface area contributed by atoms with Crippen molar-refractivity contribution in [3.05, 3.63) is 54.2 Å². The van der Waals surface area contributed by atoms with Crippen molar-refractivity contribution in [1.82, 2.24) is 4.98 Å². The number of ether oxygens (including phenoxy) is 2. The number of benzene rings is 2. The van der Waals surface area contributed by atoms with Gasteiger partial charge in [0.2, 0.25) is 0 Å². The highest BCUT2D eigenvalue weighted by Crippen LogP contribution is 2.42. The topological polar surface area (TPSA) is 63.4 Å². The van der Waals surface area contributed by atoms with E-state index in [1.807, 2.05) is 24.3 Å². The van der Waals surface area contributed by atoms with E-state index in [1.165, 1.54) is 18.2 Å². The van der Waals surface area contributed by atoms with Crippen molar-refractivity contribution in [2.45, 2.75) is 6.29 Å². The molecule has 0 atom stereocenters. The Kier molecular flexibility index (Phi) is 2.77. The molecule has 1 aliphatic rings. The number of hydrogen-bond acceptors (Lipinski definition) is 3. The number of halogens is 2. The molecule has 1 aliphatic heterocycles. The van der Waals surface area contributed by atoms with Crippen LogP contribution in [0.5, 0.6) is 11.5 Å². The number of aromatic amines is 1. The molecule has 0 fully saturated rings. The Morgan fingerprint density at radius 3 is 2.65 bits per heavy atom. The van der Waals surface area contributed by atoms with Crippen LogP contribution in [0.2, 0.25) is 0 Å². The standard InChI is InChI=1S/C16H10F2N2O3/c17-16(18)22-13-6-5-10(8-14(13)23-16)19-15(21)12-7-9-3-1-2-4-11(9)20-12/h1-8,20H,(H,19,21). The number of fused-ring (bicyclic) bond motifs is 2. The zero-order valence-electron chi connectivity index (χ0n) is 11.6. The van der Waals surface area contributed by atoms with E-state index in [4.69, 9.17) is 0 Å². The van der Waals surface area contributed by atoms with Gasteiger partial charge in [-0.3, -0.25) is 4.79 Å². The first-order valence-electron chi connectivity index (χ1n) is 6.79. The second-order valence-electron chi connectivity index (χ2n) is 5.05.